The van der Waals surface area contributed by atoms with Crippen LogP contribution in [0.4, 0.5) is 0 Å². The molecule has 1 fully saturated rings. The van der Waals surface area contributed by atoms with E-state index in [2.05, 4.69) is 6.92 Å². The van der Waals surface area contributed by atoms with Crippen molar-refractivity contribution < 1.29 is 5.11 Å². The molecule has 1 saturated carbocycles. The second-order valence-corrected chi connectivity index (χ2v) is 5.73. The van der Waals surface area contributed by atoms with Gasteiger partial charge in [0.25, 0.3) is 0 Å². The van der Waals surface area contributed by atoms with Gasteiger partial charge in [0.1, 0.15) is 0 Å². The van der Waals surface area contributed by atoms with Gasteiger partial charge in [-0.3, -0.25) is 0 Å². The number of aliphatic hydroxyl groups is 1. The molecular weight excluding hydrogens is 244 g/mol. The van der Waals surface area contributed by atoms with Gasteiger partial charge in [0.2, 0.25) is 0 Å². The number of rotatable bonds is 3. The standard InChI is InChI=1S/C16H17ClO/c1-10(11-6-7-11)16(18)14-8-9-15(17)13-5-3-2-4-12(13)14/h2-5,8-11,16,18H,6-7H2,1H3. The van der Waals surface area contributed by atoms with E-state index < -0.39 is 0 Å². The number of aliphatic hydroxyl groups excluding tert-OH is 1. The highest BCUT2D eigenvalue weighted by atomic mass is 35.5. The normalized spacial score (nSPS) is 18.8. The molecule has 2 atom stereocenters. The Labute approximate surface area is 112 Å². The molecule has 18 heavy (non-hydrogen) atoms. The zero-order chi connectivity index (χ0) is 12.7. The molecule has 0 aromatic heterocycles. The van der Waals surface area contributed by atoms with Crippen molar-refractivity contribution in [3.63, 3.8) is 0 Å². The molecule has 2 unspecified atom stereocenters. The lowest BCUT2D eigenvalue weighted by Crippen LogP contribution is -2.11. The maximum Gasteiger partial charge on any atom is 0.0824 e. The Balaban J connectivity index is 2.08. The Kier molecular flexibility index (Phi) is 3.04. The highest BCUT2D eigenvalue weighted by Gasteiger charge is 2.33. The van der Waals surface area contributed by atoms with Crippen molar-refractivity contribution in [3.8, 4) is 0 Å². The molecule has 0 aliphatic heterocycles. The highest BCUT2D eigenvalue weighted by molar-refractivity contribution is 6.35. The fourth-order valence-electron chi connectivity index (χ4n) is 2.71. The van der Waals surface area contributed by atoms with Crippen molar-refractivity contribution in [3.05, 3.63) is 47.0 Å². The molecule has 2 heteroatoms. The van der Waals surface area contributed by atoms with Crippen molar-refractivity contribution >= 4 is 22.4 Å². The lowest BCUT2D eigenvalue weighted by Gasteiger charge is -2.20. The van der Waals surface area contributed by atoms with Gasteiger partial charge in [-0.15, -0.1) is 0 Å². The molecule has 2 aromatic carbocycles. The fraction of sp³-hybridized carbons (Fsp3) is 0.375. The second-order valence-electron chi connectivity index (χ2n) is 5.32. The molecule has 3 rings (SSSR count). The van der Waals surface area contributed by atoms with Crippen molar-refractivity contribution in [2.24, 2.45) is 11.8 Å². The average Bonchev–Trinajstić information content (AvgIpc) is 3.22. The number of halogens is 1. The summed E-state index contributed by atoms with van der Waals surface area (Å²) in [6, 6.07) is 11.9. The summed E-state index contributed by atoms with van der Waals surface area (Å²) in [6.07, 6.45) is 2.12. The van der Waals surface area contributed by atoms with Crippen LogP contribution in [0.5, 0.6) is 0 Å². The van der Waals surface area contributed by atoms with Gasteiger partial charge in [0.15, 0.2) is 0 Å². The highest BCUT2D eigenvalue weighted by Crippen LogP contribution is 2.44. The van der Waals surface area contributed by atoms with Crippen LogP contribution in [0.2, 0.25) is 5.02 Å². The van der Waals surface area contributed by atoms with Gasteiger partial charge in [0, 0.05) is 10.4 Å². The van der Waals surface area contributed by atoms with Crippen molar-refractivity contribution in [1.82, 2.24) is 0 Å². The minimum absolute atomic E-state index is 0.328. The first-order valence-corrected chi connectivity index (χ1v) is 6.91. The second kappa shape index (κ2) is 4.56. The molecule has 1 nitrogen and oxygen atoms in total. The molecule has 0 radical (unpaired) electrons. The van der Waals surface area contributed by atoms with E-state index in [1.807, 2.05) is 36.4 Å². The van der Waals surface area contributed by atoms with Crippen molar-refractivity contribution in [2.75, 3.05) is 0 Å². The first-order valence-electron chi connectivity index (χ1n) is 6.53. The van der Waals surface area contributed by atoms with Gasteiger partial charge in [-0.05, 0) is 41.7 Å². The summed E-state index contributed by atoms with van der Waals surface area (Å²) >= 11 is 6.21. The van der Waals surface area contributed by atoms with Gasteiger partial charge >= 0.3 is 0 Å². The van der Waals surface area contributed by atoms with Crippen molar-refractivity contribution in [2.45, 2.75) is 25.9 Å². The molecule has 1 N–H and O–H groups in total. The average molecular weight is 261 g/mol. The van der Waals surface area contributed by atoms with Crippen LogP contribution in [0.25, 0.3) is 10.8 Å². The summed E-state index contributed by atoms with van der Waals surface area (Å²) in [6.45, 7) is 2.14. The van der Waals surface area contributed by atoms with Gasteiger partial charge < -0.3 is 5.11 Å². The summed E-state index contributed by atoms with van der Waals surface area (Å²) in [4.78, 5) is 0. The molecule has 2 aromatic rings. The first kappa shape index (κ1) is 12.0. The minimum atomic E-state index is -0.389. The van der Waals surface area contributed by atoms with Crippen LogP contribution in [0.1, 0.15) is 31.4 Å². The van der Waals surface area contributed by atoms with E-state index >= 15 is 0 Å². The molecule has 0 amide bonds. The van der Waals surface area contributed by atoms with Crippen LogP contribution in [0.15, 0.2) is 36.4 Å². The Bertz CT molecular complexity index is 574. The molecule has 1 aliphatic carbocycles. The number of hydrogen-bond donors (Lipinski definition) is 1. The Morgan fingerprint density at radius 3 is 2.44 bits per heavy atom. The first-order chi connectivity index (χ1) is 8.68. The van der Waals surface area contributed by atoms with Crippen LogP contribution in [0, 0.1) is 11.8 Å². The van der Waals surface area contributed by atoms with Crippen LogP contribution >= 0.6 is 11.6 Å². The summed E-state index contributed by atoms with van der Waals surface area (Å²) in [7, 11) is 0. The van der Waals surface area contributed by atoms with E-state index in [1.165, 1.54) is 12.8 Å². The van der Waals surface area contributed by atoms with Gasteiger partial charge in [-0.1, -0.05) is 48.9 Å². The largest absolute Gasteiger partial charge is 0.388 e. The van der Waals surface area contributed by atoms with Gasteiger partial charge in [0.05, 0.1) is 6.10 Å². The third kappa shape index (κ3) is 2.02. The maximum atomic E-state index is 10.5. The van der Waals surface area contributed by atoms with E-state index in [9.17, 15) is 5.11 Å². The monoisotopic (exact) mass is 260 g/mol. The fourth-order valence-corrected chi connectivity index (χ4v) is 2.93. The summed E-state index contributed by atoms with van der Waals surface area (Å²) in [5.41, 5.74) is 1.01. The third-order valence-corrected chi connectivity index (χ3v) is 4.42. The Morgan fingerprint density at radius 1 is 1.11 bits per heavy atom. The smallest absolute Gasteiger partial charge is 0.0824 e. The molecule has 0 spiro atoms. The third-order valence-electron chi connectivity index (χ3n) is 4.09. The van der Waals surface area contributed by atoms with Gasteiger partial charge in [-0.25, -0.2) is 0 Å². The van der Waals surface area contributed by atoms with Crippen LogP contribution < -0.4 is 0 Å². The van der Waals surface area contributed by atoms with Crippen LogP contribution in [0.3, 0.4) is 0 Å². The zero-order valence-electron chi connectivity index (χ0n) is 10.4. The Hall–Kier alpha value is -1.05. The minimum Gasteiger partial charge on any atom is -0.388 e. The topological polar surface area (TPSA) is 20.2 Å². The van der Waals surface area contributed by atoms with E-state index in [-0.39, 0.29) is 6.10 Å². The lowest BCUT2D eigenvalue weighted by molar-refractivity contribution is 0.107. The zero-order valence-corrected chi connectivity index (χ0v) is 11.2. The summed E-state index contributed by atoms with van der Waals surface area (Å²) < 4.78 is 0. The molecule has 94 valence electrons. The predicted molar refractivity (Wildman–Crippen MR) is 75.8 cm³/mol. The molecule has 0 bridgehead atoms. The van der Waals surface area contributed by atoms with Crippen LogP contribution in [-0.2, 0) is 0 Å². The molecular formula is C16H17ClO. The van der Waals surface area contributed by atoms with Crippen molar-refractivity contribution in [1.29, 1.82) is 0 Å². The quantitative estimate of drug-likeness (QED) is 0.857. The molecule has 0 saturated heterocycles. The molecule has 0 heterocycles. The lowest BCUT2D eigenvalue weighted by atomic mass is 9.90. The van der Waals surface area contributed by atoms with E-state index in [0.29, 0.717) is 11.8 Å². The maximum absolute atomic E-state index is 10.5. The number of fused-ring (bicyclic) bond motifs is 1. The number of benzene rings is 2. The SMILES string of the molecule is CC(C1CC1)C(O)c1ccc(Cl)c2ccccc12. The number of hydrogen-bond acceptors (Lipinski definition) is 1. The predicted octanol–water partition coefficient (Wildman–Crippen LogP) is 4.57. The Morgan fingerprint density at radius 2 is 1.78 bits per heavy atom. The van der Waals surface area contributed by atoms with E-state index in [4.69, 9.17) is 11.6 Å². The van der Waals surface area contributed by atoms with E-state index in [1.54, 1.807) is 0 Å². The summed E-state index contributed by atoms with van der Waals surface area (Å²) in [5.74, 6) is 1.02. The summed E-state index contributed by atoms with van der Waals surface area (Å²) in [5, 5.41) is 13.4. The van der Waals surface area contributed by atoms with Gasteiger partial charge in [-0.2, -0.15) is 0 Å². The van der Waals surface area contributed by atoms with E-state index in [0.717, 1.165) is 21.4 Å². The molecule has 1 aliphatic rings. The van der Waals surface area contributed by atoms with Crippen LogP contribution in [-0.4, -0.2) is 5.11 Å².